The van der Waals surface area contributed by atoms with Gasteiger partial charge in [0.2, 0.25) is 0 Å². The summed E-state index contributed by atoms with van der Waals surface area (Å²) in [4.78, 5) is 0. The van der Waals surface area contributed by atoms with Crippen LogP contribution in [0.25, 0.3) is 0 Å². The fourth-order valence-electron chi connectivity index (χ4n) is 1.00. The summed E-state index contributed by atoms with van der Waals surface area (Å²) < 4.78 is 54.4. The van der Waals surface area contributed by atoms with Crippen LogP contribution < -0.4 is 4.74 Å². The highest BCUT2D eigenvalue weighted by molar-refractivity contribution is 5.43. The Labute approximate surface area is 82.7 Å². The number of nitriles is 1. The Kier molecular flexibility index (Phi) is 2.84. The molecule has 0 atom stereocenters. The second kappa shape index (κ2) is 3.77. The maximum Gasteiger partial charge on any atom is 0.419 e. The van der Waals surface area contributed by atoms with Crippen molar-refractivity contribution < 1.29 is 22.3 Å². The molecule has 0 heterocycles. The van der Waals surface area contributed by atoms with E-state index in [1.54, 1.807) is 0 Å². The fourth-order valence-corrected chi connectivity index (χ4v) is 1.00. The number of alkyl halides is 3. The molecular formula is C9H5F4NO. The molecule has 0 amide bonds. The maximum absolute atomic E-state index is 13.1. The molecule has 0 aliphatic heterocycles. The van der Waals surface area contributed by atoms with Crippen LogP contribution in [-0.2, 0) is 6.18 Å². The first-order chi connectivity index (χ1) is 6.90. The molecule has 0 fully saturated rings. The highest BCUT2D eigenvalue weighted by Crippen LogP contribution is 2.35. The maximum atomic E-state index is 13.1. The highest BCUT2D eigenvalue weighted by Gasteiger charge is 2.35. The van der Waals surface area contributed by atoms with Gasteiger partial charge in [-0.15, -0.1) is 0 Å². The largest absolute Gasteiger partial charge is 0.497 e. The van der Waals surface area contributed by atoms with Crippen molar-refractivity contribution >= 4 is 0 Å². The number of hydrogen-bond donors (Lipinski definition) is 0. The first-order valence-corrected chi connectivity index (χ1v) is 3.75. The van der Waals surface area contributed by atoms with Crippen molar-refractivity contribution in [2.45, 2.75) is 6.18 Å². The van der Waals surface area contributed by atoms with E-state index in [0.717, 1.165) is 13.2 Å². The molecule has 0 spiro atoms. The lowest BCUT2D eigenvalue weighted by Gasteiger charge is -2.10. The van der Waals surface area contributed by atoms with Gasteiger partial charge in [-0.05, 0) is 6.07 Å². The second-order valence-corrected chi connectivity index (χ2v) is 2.65. The van der Waals surface area contributed by atoms with Gasteiger partial charge in [0.1, 0.15) is 11.8 Å². The van der Waals surface area contributed by atoms with Gasteiger partial charge in [-0.2, -0.15) is 18.4 Å². The molecular weight excluding hydrogens is 214 g/mol. The molecule has 0 unspecified atom stereocenters. The van der Waals surface area contributed by atoms with Crippen LogP contribution >= 0.6 is 0 Å². The molecule has 15 heavy (non-hydrogen) atoms. The number of ether oxygens (including phenoxy) is 1. The summed E-state index contributed by atoms with van der Waals surface area (Å²) >= 11 is 0. The van der Waals surface area contributed by atoms with Crippen molar-refractivity contribution in [1.29, 1.82) is 5.26 Å². The first-order valence-electron chi connectivity index (χ1n) is 3.75. The zero-order chi connectivity index (χ0) is 11.6. The van der Waals surface area contributed by atoms with Crippen LogP contribution in [-0.4, -0.2) is 7.11 Å². The lowest BCUT2D eigenvalue weighted by Crippen LogP contribution is -2.09. The number of rotatable bonds is 1. The van der Waals surface area contributed by atoms with Crippen LogP contribution in [0.2, 0.25) is 0 Å². The molecule has 1 aromatic rings. The summed E-state index contributed by atoms with van der Waals surface area (Å²) in [6.07, 6.45) is -4.84. The van der Waals surface area contributed by atoms with Crippen LogP contribution in [0.15, 0.2) is 12.1 Å². The van der Waals surface area contributed by atoms with E-state index in [1.165, 1.54) is 6.07 Å². The van der Waals surface area contributed by atoms with Crippen molar-refractivity contribution in [2.75, 3.05) is 7.11 Å². The van der Waals surface area contributed by atoms with Crippen LogP contribution in [0.3, 0.4) is 0 Å². The molecule has 2 nitrogen and oxygen atoms in total. The lowest BCUT2D eigenvalue weighted by atomic mass is 10.1. The highest BCUT2D eigenvalue weighted by atomic mass is 19.4. The predicted octanol–water partition coefficient (Wildman–Crippen LogP) is 2.72. The Hall–Kier alpha value is -1.77. The summed E-state index contributed by atoms with van der Waals surface area (Å²) in [5.74, 6) is -1.79. The van der Waals surface area contributed by atoms with Crippen molar-refractivity contribution in [2.24, 2.45) is 0 Å². The SMILES string of the molecule is COc1cc(C#N)c(F)c(C(F)(F)F)c1. The standard InChI is InChI=1S/C9H5F4NO/c1-15-6-2-5(4-14)8(10)7(3-6)9(11,12)13/h2-3H,1H3. The normalized spacial score (nSPS) is 10.9. The molecule has 0 saturated carbocycles. The van der Waals surface area contributed by atoms with Crippen molar-refractivity contribution in [3.8, 4) is 11.8 Å². The van der Waals surface area contributed by atoms with Gasteiger partial charge in [-0.3, -0.25) is 0 Å². The lowest BCUT2D eigenvalue weighted by molar-refractivity contribution is -0.140. The van der Waals surface area contributed by atoms with E-state index in [-0.39, 0.29) is 5.75 Å². The molecule has 6 heteroatoms. The Balaban J connectivity index is 3.46. The van der Waals surface area contributed by atoms with Crippen LogP contribution in [0, 0.1) is 17.1 Å². The smallest absolute Gasteiger partial charge is 0.419 e. The fraction of sp³-hybridized carbons (Fsp3) is 0.222. The minimum absolute atomic E-state index is 0.208. The number of halogens is 4. The zero-order valence-electron chi connectivity index (χ0n) is 7.52. The zero-order valence-corrected chi connectivity index (χ0v) is 7.52. The summed E-state index contributed by atoms with van der Waals surface area (Å²) in [7, 11) is 1.13. The van der Waals surface area contributed by atoms with Crippen LogP contribution in [0.4, 0.5) is 17.6 Å². The van der Waals surface area contributed by atoms with Crippen LogP contribution in [0.5, 0.6) is 5.75 Å². The number of benzene rings is 1. The molecule has 0 aromatic heterocycles. The van der Waals surface area contributed by atoms with E-state index in [1.807, 2.05) is 0 Å². The Bertz CT molecular complexity index is 419. The van der Waals surface area contributed by atoms with Crippen molar-refractivity contribution in [3.05, 3.63) is 29.1 Å². The number of nitrogens with zero attached hydrogens (tertiary/aromatic N) is 1. The quantitative estimate of drug-likeness (QED) is 0.680. The molecule has 0 saturated heterocycles. The summed E-state index contributed by atoms with van der Waals surface area (Å²) in [5, 5.41) is 8.42. The number of methoxy groups -OCH3 is 1. The van der Waals surface area contributed by atoms with Gasteiger partial charge in [0.05, 0.1) is 18.2 Å². The third-order valence-corrected chi connectivity index (χ3v) is 1.71. The Morgan fingerprint density at radius 1 is 1.33 bits per heavy atom. The second-order valence-electron chi connectivity index (χ2n) is 2.65. The van der Waals surface area contributed by atoms with E-state index in [2.05, 4.69) is 4.74 Å². The van der Waals surface area contributed by atoms with Crippen molar-refractivity contribution in [1.82, 2.24) is 0 Å². The average molecular weight is 219 g/mol. The monoisotopic (exact) mass is 219 g/mol. The van der Waals surface area contributed by atoms with Crippen LogP contribution in [0.1, 0.15) is 11.1 Å². The molecule has 0 aliphatic carbocycles. The minimum Gasteiger partial charge on any atom is -0.497 e. The first kappa shape index (κ1) is 11.3. The van der Waals surface area contributed by atoms with Gasteiger partial charge >= 0.3 is 6.18 Å². The molecule has 0 N–H and O–H groups in total. The molecule has 80 valence electrons. The third-order valence-electron chi connectivity index (χ3n) is 1.71. The molecule has 0 bridgehead atoms. The van der Waals surface area contributed by atoms with E-state index in [0.29, 0.717) is 6.07 Å². The molecule has 1 rings (SSSR count). The van der Waals surface area contributed by atoms with Gasteiger partial charge in [0.15, 0.2) is 5.82 Å². The van der Waals surface area contributed by atoms with Gasteiger partial charge in [0.25, 0.3) is 0 Å². The van der Waals surface area contributed by atoms with Gasteiger partial charge in [-0.25, -0.2) is 4.39 Å². The summed E-state index contributed by atoms with van der Waals surface area (Å²) in [6, 6.07) is 2.74. The van der Waals surface area contributed by atoms with E-state index >= 15 is 0 Å². The summed E-state index contributed by atoms with van der Waals surface area (Å²) in [5.41, 5.74) is -2.19. The molecule has 1 aromatic carbocycles. The van der Waals surface area contributed by atoms with E-state index < -0.39 is 23.1 Å². The molecule has 0 radical (unpaired) electrons. The molecule has 0 aliphatic rings. The Morgan fingerprint density at radius 3 is 2.33 bits per heavy atom. The minimum atomic E-state index is -4.84. The van der Waals surface area contributed by atoms with Crippen molar-refractivity contribution in [3.63, 3.8) is 0 Å². The van der Waals surface area contributed by atoms with Gasteiger partial charge in [-0.1, -0.05) is 0 Å². The third kappa shape index (κ3) is 2.18. The average Bonchev–Trinajstić information content (AvgIpc) is 2.16. The number of hydrogen-bond acceptors (Lipinski definition) is 2. The topological polar surface area (TPSA) is 33.0 Å². The van der Waals surface area contributed by atoms with E-state index in [9.17, 15) is 17.6 Å². The van der Waals surface area contributed by atoms with Gasteiger partial charge < -0.3 is 4.74 Å². The summed E-state index contributed by atoms with van der Waals surface area (Å²) in [6.45, 7) is 0. The van der Waals surface area contributed by atoms with E-state index in [4.69, 9.17) is 5.26 Å². The predicted molar refractivity (Wildman–Crippen MR) is 42.7 cm³/mol. The Morgan fingerprint density at radius 2 is 1.93 bits per heavy atom. The van der Waals surface area contributed by atoms with Gasteiger partial charge in [0, 0.05) is 6.07 Å².